The summed E-state index contributed by atoms with van der Waals surface area (Å²) in [6, 6.07) is 0. The van der Waals surface area contributed by atoms with Gasteiger partial charge in [-0.3, -0.25) is 4.98 Å². The number of rotatable bonds is 0. The molecule has 0 saturated heterocycles. The molecule has 1 aromatic heterocycles. The molecular formula is C19H27N. The Labute approximate surface area is 123 Å². The number of fused-ring (bicyclic) bond motifs is 1. The molecule has 20 heavy (non-hydrogen) atoms. The van der Waals surface area contributed by atoms with Crippen LogP contribution in [0.25, 0.3) is 10.8 Å². The molecule has 1 nitrogen and oxygen atoms in total. The third-order valence-corrected chi connectivity index (χ3v) is 4.77. The summed E-state index contributed by atoms with van der Waals surface area (Å²) in [5.41, 5.74) is 9.45. The molecule has 1 heterocycles. The van der Waals surface area contributed by atoms with Crippen LogP contribution >= 0.6 is 0 Å². The van der Waals surface area contributed by atoms with E-state index in [9.17, 15) is 0 Å². The lowest BCUT2D eigenvalue weighted by atomic mass is 9.83. The van der Waals surface area contributed by atoms with Gasteiger partial charge in [0.1, 0.15) is 0 Å². The highest BCUT2D eigenvalue weighted by molar-refractivity contribution is 5.95. The molecule has 0 radical (unpaired) electrons. The van der Waals surface area contributed by atoms with Gasteiger partial charge in [0.15, 0.2) is 0 Å². The second-order valence-electron chi connectivity index (χ2n) is 7.17. The van der Waals surface area contributed by atoms with Gasteiger partial charge in [0.05, 0.1) is 0 Å². The van der Waals surface area contributed by atoms with E-state index < -0.39 is 0 Å². The first-order valence-corrected chi connectivity index (χ1v) is 7.45. The molecule has 2 aromatic rings. The number of pyridine rings is 1. The van der Waals surface area contributed by atoms with Crippen molar-refractivity contribution < 1.29 is 0 Å². The van der Waals surface area contributed by atoms with Crippen LogP contribution < -0.4 is 0 Å². The third kappa shape index (κ3) is 2.04. The Morgan fingerprint density at radius 1 is 0.600 bits per heavy atom. The molecule has 0 spiro atoms. The number of benzene rings is 1. The van der Waals surface area contributed by atoms with Gasteiger partial charge < -0.3 is 0 Å². The van der Waals surface area contributed by atoms with E-state index in [0.29, 0.717) is 0 Å². The van der Waals surface area contributed by atoms with Crippen LogP contribution in [0.4, 0.5) is 0 Å². The summed E-state index contributed by atoms with van der Waals surface area (Å²) >= 11 is 0. The van der Waals surface area contributed by atoms with Gasteiger partial charge in [0, 0.05) is 22.2 Å². The zero-order valence-corrected chi connectivity index (χ0v) is 14.4. The number of hydrogen-bond acceptors (Lipinski definition) is 1. The van der Waals surface area contributed by atoms with Crippen LogP contribution in [0.2, 0.25) is 0 Å². The zero-order chi connectivity index (χ0) is 15.4. The maximum atomic E-state index is 4.94. The molecule has 0 unspecified atom stereocenters. The third-order valence-electron chi connectivity index (χ3n) is 4.77. The van der Waals surface area contributed by atoms with Crippen molar-refractivity contribution in [3.05, 3.63) is 39.2 Å². The van der Waals surface area contributed by atoms with Crippen LogP contribution in [0.5, 0.6) is 0 Å². The molecule has 1 aromatic carbocycles. The topological polar surface area (TPSA) is 12.9 Å². The van der Waals surface area contributed by atoms with Crippen molar-refractivity contribution >= 4 is 10.8 Å². The van der Waals surface area contributed by atoms with Crippen molar-refractivity contribution in [1.29, 1.82) is 0 Å². The average Bonchev–Trinajstić information content (AvgIpc) is 2.34. The van der Waals surface area contributed by atoms with Crippen molar-refractivity contribution in [3.63, 3.8) is 0 Å². The molecule has 0 aliphatic carbocycles. The van der Waals surface area contributed by atoms with Crippen LogP contribution in [-0.2, 0) is 5.41 Å². The fourth-order valence-corrected chi connectivity index (χ4v) is 3.39. The summed E-state index contributed by atoms with van der Waals surface area (Å²) in [6.07, 6.45) is 0. The van der Waals surface area contributed by atoms with E-state index in [2.05, 4.69) is 62.3 Å². The number of aromatic nitrogens is 1. The van der Waals surface area contributed by atoms with Gasteiger partial charge in [-0.1, -0.05) is 20.8 Å². The van der Waals surface area contributed by atoms with E-state index in [1.807, 2.05) is 0 Å². The van der Waals surface area contributed by atoms with Gasteiger partial charge >= 0.3 is 0 Å². The lowest BCUT2D eigenvalue weighted by Crippen LogP contribution is -2.17. The van der Waals surface area contributed by atoms with E-state index in [-0.39, 0.29) is 5.41 Å². The van der Waals surface area contributed by atoms with E-state index in [1.165, 1.54) is 50.0 Å². The van der Waals surface area contributed by atoms with Crippen LogP contribution in [-0.4, -0.2) is 4.98 Å². The highest BCUT2D eigenvalue weighted by Gasteiger charge is 2.23. The molecule has 2 rings (SSSR count). The van der Waals surface area contributed by atoms with Crippen molar-refractivity contribution in [1.82, 2.24) is 4.98 Å². The molecule has 0 saturated carbocycles. The molecule has 0 aliphatic heterocycles. The SMILES string of the molecule is Cc1c(C)c(C)c2c(C)c(C(C)(C)C)nc(C)c2c1C. The molecule has 108 valence electrons. The quantitative estimate of drug-likeness (QED) is 0.625. The molecule has 0 amide bonds. The maximum Gasteiger partial charge on any atom is 0.0495 e. The molecule has 0 N–H and O–H groups in total. The normalized spacial score (nSPS) is 12.2. The predicted molar refractivity (Wildman–Crippen MR) is 88.9 cm³/mol. The number of nitrogens with zero attached hydrogens (tertiary/aromatic N) is 1. The van der Waals surface area contributed by atoms with E-state index >= 15 is 0 Å². The summed E-state index contributed by atoms with van der Waals surface area (Å²) < 4.78 is 0. The molecule has 0 bridgehead atoms. The Kier molecular flexibility index (Phi) is 3.44. The van der Waals surface area contributed by atoms with E-state index in [4.69, 9.17) is 4.98 Å². The molecule has 0 aliphatic rings. The Morgan fingerprint density at radius 2 is 1.05 bits per heavy atom. The predicted octanol–water partition coefficient (Wildman–Crippen LogP) is 5.38. The van der Waals surface area contributed by atoms with Crippen molar-refractivity contribution in [2.45, 2.75) is 67.7 Å². The van der Waals surface area contributed by atoms with Gasteiger partial charge in [0.2, 0.25) is 0 Å². The second-order valence-corrected chi connectivity index (χ2v) is 7.17. The van der Waals surface area contributed by atoms with E-state index in [0.717, 1.165) is 0 Å². The zero-order valence-electron chi connectivity index (χ0n) is 14.4. The first-order chi connectivity index (χ1) is 9.07. The second kappa shape index (κ2) is 4.58. The fourth-order valence-electron chi connectivity index (χ4n) is 3.39. The van der Waals surface area contributed by atoms with Gasteiger partial charge in [-0.2, -0.15) is 0 Å². The summed E-state index contributed by atoms with van der Waals surface area (Å²) in [6.45, 7) is 20.1. The summed E-state index contributed by atoms with van der Waals surface area (Å²) in [5.74, 6) is 0. The minimum absolute atomic E-state index is 0.0855. The standard InChI is InChI=1S/C19H27N/c1-10-11(2)13(4)17-15(6)20-18(19(7,8)9)14(5)16(17)12(10)3/h1-9H3. The van der Waals surface area contributed by atoms with Gasteiger partial charge in [-0.05, 0) is 74.7 Å². The Bertz CT molecular complexity index is 700. The summed E-state index contributed by atoms with van der Waals surface area (Å²) in [5, 5.41) is 2.78. The number of aryl methyl sites for hydroxylation is 4. The van der Waals surface area contributed by atoms with Gasteiger partial charge in [0.25, 0.3) is 0 Å². The van der Waals surface area contributed by atoms with Crippen LogP contribution in [0, 0.1) is 41.5 Å². The van der Waals surface area contributed by atoms with Crippen LogP contribution in [0.3, 0.4) is 0 Å². The van der Waals surface area contributed by atoms with Crippen LogP contribution in [0.1, 0.15) is 60.0 Å². The van der Waals surface area contributed by atoms with Gasteiger partial charge in [-0.25, -0.2) is 0 Å². The highest BCUT2D eigenvalue weighted by atomic mass is 14.7. The Hall–Kier alpha value is -1.37. The first kappa shape index (κ1) is 15.0. The van der Waals surface area contributed by atoms with Crippen LogP contribution in [0.15, 0.2) is 0 Å². The Balaban J connectivity index is 3.10. The number of hydrogen-bond donors (Lipinski definition) is 0. The maximum absolute atomic E-state index is 4.94. The largest absolute Gasteiger partial charge is 0.257 e. The molecule has 1 heteroatoms. The lowest BCUT2D eigenvalue weighted by molar-refractivity contribution is 0.564. The smallest absolute Gasteiger partial charge is 0.0495 e. The van der Waals surface area contributed by atoms with Crippen molar-refractivity contribution in [2.24, 2.45) is 0 Å². The monoisotopic (exact) mass is 269 g/mol. The Morgan fingerprint density at radius 3 is 1.50 bits per heavy atom. The summed E-state index contributed by atoms with van der Waals surface area (Å²) in [7, 11) is 0. The molecule has 0 atom stereocenters. The summed E-state index contributed by atoms with van der Waals surface area (Å²) in [4.78, 5) is 4.94. The average molecular weight is 269 g/mol. The molecule has 0 fully saturated rings. The fraction of sp³-hybridized carbons (Fsp3) is 0.526. The minimum atomic E-state index is 0.0855. The van der Waals surface area contributed by atoms with Gasteiger partial charge in [-0.15, -0.1) is 0 Å². The van der Waals surface area contributed by atoms with Crippen molar-refractivity contribution in [3.8, 4) is 0 Å². The lowest BCUT2D eigenvalue weighted by Gasteiger charge is -2.25. The van der Waals surface area contributed by atoms with E-state index in [1.54, 1.807) is 0 Å². The first-order valence-electron chi connectivity index (χ1n) is 7.45. The molecular weight excluding hydrogens is 242 g/mol. The minimum Gasteiger partial charge on any atom is -0.257 e. The highest BCUT2D eigenvalue weighted by Crippen LogP contribution is 2.36. The van der Waals surface area contributed by atoms with Crippen molar-refractivity contribution in [2.75, 3.05) is 0 Å².